The van der Waals surface area contributed by atoms with Crippen molar-refractivity contribution in [3.63, 3.8) is 0 Å². The molecule has 0 N–H and O–H groups in total. The van der Waals surface area contributed by atoms with Crippen LogP contribution < -0.4 is 0 Å². The normalized spacial score (nSPS) is 14.7. The molecule has 0 aliphatic carbocycles. The van der Waals surface area contributed by atoms with Crippen LogP contribution in [-0.2, 0) is 11.2 Å². The first-order chi connectivity index (χ1) is 14.7. The maximum absolute atomic E-state index is 12.9. The molecule has 4 aromatic rings. The van der Waals surface area contributed by atoms with Gasteiger partial charge >= 0.3 is 0 Å². The van der Waals surface area contributed by atoms with Gasteiger partial charge < -0.3 is 9.80 Å². The van der Waals surface area contributed by atoms with E-state index >= 15 is 0 Å². The van der Waals surface area contributed by atoms with E-state index in [0.717, 1.165) is 33.0 Å². The average molecular weight is 439 g/mol. The number of piperazine rings is 1. The first-order valence-corrected chi connectivity index (χ1v) is 11.8. The highest BCUT2D eigenvalue weighted by Gasteiger charge is 2.26. The summed E-state index contributed by atoms with van der Waals surface area (Å²) in [4.78, 5) is 36.4. The van der Waals surface area contributed by atoms with Gasteiger partial charge in [-0.1, -0.05) is 30.3 Å². The van der Waals surface area contributed by atoms with Crippen LogP contribution in [-0.4, -0.2) is 57.2 Å². The molecule has 0 radical (unpaired) electrons. The molecule has 30 heavy (non-hydrogen) atoms. The summed E-state index contributed by atoms with van der Waals surface area (Å²) in [6.07, 6.45) is 4.32. The highest BCUT2D eigenvalue weighted by Crippen LogP contribution is 2.29. The first kappa shape index (κ1) is 19.3. The number of amides is 2. The number of thiophene rings is 1. The average Bonchev–Trinajstić information content (AvgIpc) is 3.47. The van der Waals surface area contributed by atoms with Gasteiger partial charge in [-0.25, -0.2) is 4.98 Å². The Bertz CT molecular complexity index is 1190. The molecule has 154 valence electrons. The van der Waals surface area contributed by atoms with Crippen LogP contribution in [0.15, 0.2) is 48.0 Å². The Labute approximate surface area is 182 Å². The number of thiazole rings is 1. The third kappa shape index (κ3) is 3.73. The highest BCUT2D eigenvalue weighted by atomic mass is 32.1. The predicted molar refractivity (Wildman–Crippen MR) is 120 cm³/mol. The number of benzene rings is 1. The fourth-order valence-electron chi connectivity index (χ4n) is 3.91. The smallest absolute Gasteiger partial charge is 0.264 e. The first-order valence-electron chi connectivity index (χ1n) is 10.1. The Balaban J connectivity index is 1.15. The third-order valence-electron chi connectivity index (χ3n) is 5.57. The van der Waals surface area contributed by atoms with Gasteiger partial charge in [0.15, 0.2) is 4.96 Å². The van der Waals surface area contributed by atoms with Crippen LogP contribution in [0.25, 0.3) is 15.3 Å². The zero-order valence-corrected chi connectivity index (χ0v) is 18.1. The van der Waals surface area contributed by atoms with E-state index < -0.39 is 0 Å². The summed E-state index contributed by atoms with van der Waals surface area (Å²) >= 11 is 3.04. The molecule has 0 unspecified atom stereocenters. The van der Waals surface area contributed by atoms with Crippen molar-refractivity contribution in [3.05, 3.63) is 58.4 Å². The third-order valence-corrected chi connectivity index (χ3v) is 7.33. The number of fused-ring (bicyclic) bond motifs is 3. The van der Waals surface area contributed by atoms with Crippen LogP contribution in [0.5, 0.6) is 0 Å². The predicted octanol–water partition coefficient (Wildman–Crippen LogP) is 3.92. The lowest BCUT2D eigenvalue weighted by Crippen LogP contribution is -2.50. The number of nitrogens with zero attached hydrogens (tertiary/aromatic N) is 4. The van der Waals surface area contributed by atoms with Crippen LogP contribution >= 0.6 is 22.7 Å². The van der Waals surface area contributed by atoms with Gasteiger partial charge in [-0.3, -0.25) is 14.0 Å². The van der Waals surface area contributed by atoms with Gasteiger partial charge in [0, 0.05) is 44.2 Å². The zero-order valence-electron chi connectivity index (χ0n) is 16.5. The van der Waals surface area contributed by atoms with Gasteiger partial charge in [-0.15, -0.1) is 22.7 Å². The number of carbonyl (C=O) groups is 2. The SMILES string of the molecule is O=C(CCCc1ccccc1)N1CCN(C(=O)c2cc3c(nc4sccn43)s2)CC1. The largest absolute Gasteiger partial charge is 0.339 e. The summed E-state index contributed by atoms with van der Waals surface area (Å²) in [5, 5.41) is 2.00. The number of hydrogen-bond donors (Lipinski definition) is 0. The minimum atomic E-state index is 0.0400. The summed E-state index contributed by atoms with van der Waals surface area (Å²) in [5.41, 5.74) is 2.26. The molecule has 5 rings (SSSR count). The minimum absolute atomic E-state index is 0.0400. The molecule has 0 spiro atoms. The molecule has 1 saturated heterocycles. The van der Waals surface area contributed by atoms with Crippen LogP contribution in [0.2, 0.25) is 0 Å². The van der Waals surface area contributed by atoms with Crippen molar-refractivity contribution in [2.24, 2.45) is 0 Å². The molecular formula is C22H22N4O2S2. The Kier molecular flexibility index (Phi) is 5.26. The monoisotopic (exact) mass is 438 g/mol. The number of imidazole rings is 1. The van der Waals surface area contributed by atoms with Crippen LogP contribution in [0, 0.1) is 0 Å². The van der Waals surface area contributed by atoms with Crippen LogP contribution in [0.3, 0.4) is 0 Å². The number of carbonyl (C=O) groups excluding carboxylic acids is 2. The molecule has 0 saturated carbocycles. The second-order valence-corrected chi connectivity index (χ2v) is 9.38. The number of rotatable bonds is 5. The molecule has 4 heterocycles. The second kappa shape index (κ2) is 8.20. The Morgan fingerprint density at radius 1 is 1.03 bits per heavy atom. The lowest BCUT2D eigenvalue weighted by Gasteiger charge is -2.34. The molecule has 3 aromatic heterocycles. The van der Waals surface area contributed by atoms with Crippen molar-refractivity contribution in [1.82, 2.24) is 19.2 Å². The quantitative estimate of drug-likeness (QED) is 0.475. The standard InChI is InChI=1S/C22H22N4O2S2/c27-19(8-4-7-16-5-2-1-3-6-16)24-9-11-25(12-10-24)21(28)18-15-17-20(30-18)23-22-26(17)13-14-29-22/h1-3,5-6,13-15H,4,7-12H2. The summed E-state index contributed by atoms with van der Waals surface area (Å²) in [7, 11) is 0. The molecule has 0 bridgehead atoms. The van der Waals surface area contributed by atoms with Gasteiger partial charge in [0.1, 0.15) is 4.83 Å². The fourth-order valence-corrected chi connectivity index (χ4v) is 5.68. The number of hydrogen-bond acceptors (Lipinski definition) is 5. The van der Waals surface area contributed by atoms with Crippen molar-refractivity contribution in [2.45, 2.75) is 19.3 Å². The van der Waals surface area contributed by atoms with E-state index in [1.54, 1.807) is 11.3 Å². The van der Waals surface area contributed by atoms with E-state index in [1.807, 2.05) is 50.0 Å². The van der Waals surface area contributed by atoms with E-state index in [0.29, 0.717) is 32.6 Å². The van der Waals surface area contributed by atoms with Crippen molar-refractivity contribution >= 4 is 49.8 Å². The topological polar surface area (TPSA) is 57.9 Å². The van der Waals surface area contributed by atoms with Crippen LogP contribution in [0.4, 0.5) is 0 Å². The number of aryl methyl sites for hydroxylation is 1. The maximum Gasteiger partial charge on any atom is 0.264 e. The molecule has 2 amide bonds. The van der Waals surface area contributed by atoms with E-state index in [2.05, 4.69) is 17.1 Å². The van der Waals surface area contributed by atoms with Crippen molar-refractivity contribution in [1.29, 1.82) is 0 Å². The summed E-state index contributed by atoms with van der Waals surface area (Å²) < 4.78 is 2.03. The minimum Gasteiger partial charge on any atom is -0.339 e. The Morgan fingerprint density at radius 2 is 1.80 bits per heavy atom. The van der Waals surface area contributed by atoms with Crippen molar-refractivity contribution < 1.29 is 9.59 Å². The Hall–Kier alpha value is -2.71. The van der Waals surface area contributed by atoms with E-state index in [4.69, 9.17) is 0 Å². The molecule has 1 aliphatic rings. The van der Waals surface area contributed by atoms with E-state index in [1.165, 1.54) is 16.9 Å². The van der Waals surface area contributed by atoms with Crippen molar-refractivity contribution in [2.75, 3.05) is 26.2 Å². The molecular weight excluding hydrogens is 416 g/mol. The van der Waals surface area contributed by atoms with Gasteiger partial charge in [-0.2, -0.15) is 0 Å². The van der Waals surface area contributed by atoms with Crippen molar-refractivity contribution in [3.8, 4) is 0 Å². The lowest BCUT2D eigenvalue weighted by atomic mass is 10.1. The molecule has 1 aromatic carbocycles. The summed E-state index contributed by atoms with van der Waals surface area (Å²) in [6.45, 7) is 2.38. The molecule has 6 nitrogen and oxygen atoms in total. The molecule has 0 atom stereocenters. The van der Waals surface area contributed by atoms with Gasteiger partial charge in [0.25, 0.3) is 5.91 Å². The van der Waals surface area contributed by atoms with Gasteiger partial charge in [-0.05, 0) is 24.5 Å². The zero-order chi connectivity index (χ0) is 20.5. The summed E-state index contributed by atoms with van der Waals surface area (Å²) in [5.74, 6) is 0.228. The molecule has 1 aliphatic heterocycles. The Morgan fingerprint density at radius 3 is 2.60 bits per heavy atom. The molecule has 1 fully saturated rings. The molecule has 8 heteroatoms. The van der Waals surface area contributed by atoms with E-state index in [-0.39, 0.29) is 11.8 Å². The second-order valence-electron chi connectivity index (χ2n) is 7.48. The van der Waals surface area contributed by atoms with Gasteiger partial charge in [0.2, 0.25) is 5.91 Å². The lowest BCUT2D eigenvalue weighted by molar-refractivity contribution is -0.132. The highest BCUT2D eigenvalue weighted by molar-refractivity contribution is 7.21. The summed E-state index contributed by atoms with van der Waals surface area (Å²) in [6, 6.07) is 12.2. The van der Waals surface area contributed by atoms with E-state index in [9.17, 15) is 9.59 Å². The maximum atomic E-state index is 12.9. The van der Waals surface area contributed by atoms with Gasteiger partial charge in [0.05, 0.1) is 10.4 Å². The van der Waals surface area contributed by atoms with Crippen LogP contribution in [0.1, 0.15) is 28.1 Å². The fraction of sp³-hybridized carbons (Fsp3) is 0.318. The number of aromatic nitrogens is 2.